The van der Waals surface area contributed by atoms with Gasteiger partial charge in [-0.25, -0.2) is 0 Å². The minimum absolute atomic E-state index is 0.0126. The second kappa shape index (κ2) is 19.1. The maximum Gasteiger partial charge on any atom is 0.333 e. The highest BCUT2D eigenvalue weighted by Crippen LogP contribution is 2.59. The lowest BCUT2D eigenvalue weighted by molar-refractivity contribution is 0.331. The van der Waals surface area contributed by atoms with Gasteiger partial charge in [0.05, 0.1) is 5.69 Å². The van der Waals surface area contributed by atoms with Gasteiger partial charge in [0.25, 0.3) is 0 Å². The molecule has 0 saturated heterocycles. The number of benzene rings is 9. The molecule has 3 aliphatic carbocycles. The average Bonchev–Trinajstić information content (AvgIpc) is 1.21. The van der Waals surface area contributed by atoms with E-state index >= 15 is 0 Å². The fourth-order valence-electron chi connectivity index (χ4n) is 16.6. The van der Waals surface area contributed by atoms with Crippen LogP contribution in [0.4, 0.5) is 45.5 Å². The smallest absolute Gasteiger partial charge is 0.333 e. The largest absolute Gasteiger partial charge is 0.376 e. The second-order valence-corrected chi connectivity index (χ2v) is 33.7. The van der Waals surface area contributed by atoms with Crippen molar-refractivity contribution in [3.05, 3.63) is 213 Å². The highest BCUT2D eigenvalue weighted by Gasteiger charge is 2.53. The van der Waals surface area contributed by atoms with Crippen LogP contribution in [-0.2, 0) is 43.3 Å². The molecule has 0 fully saturated rings. The van der Waals surface area contributed by atoms with Crippen LogP contribution in [0.1, 0.15) is 213 Å². The Hall–Kier alpha value is -7.30. The SMILES string of the molecule is Cc1cc2c(cc1N1c3ccc4c(c3B3c5c(cc6ccccc6c51)-c1ccc(N(c5ccc(C(C)(C)C)cc5)c5ccc(C(C)(C)C)cc5)cc1N3c1ccc(C(C)(C)C)cc1)C(C)(C)c1cc3c(cc1-4)C(C)(C)CCC3(C)C)C(C)(C)CCC2(C)C. The van der Waals surface area contributed by atoms with Crippen LogP contribution < -0.4 is 25.5 Å². The lowest BCUT2D eigenvalue weighted by Crippen LogP contribution is -2.63. The third-order valence-corrected chi connectivity index (χ3v) is 22.3. The lowest BCUT2D eigenvalue weighted by atomic mass is 9.41. The molecule has 88 heavy (non-hydrogen) atoms. The lowest BCUT2D eigenvalue weighted by Gasteiger charge is -2.49. The number of rotatable bonds is 5. The van der Waals surface area contributed by atoms with Crippen molar-refractivity contribution in [2.24, 2.45) is 0 Å². The summed E-state index contributed by atoms with van der Waals surface area (Å²) in [4.78, 5) is 8.08. The molecule has 0 amide bonds. The molecule has 0 radical (unpaired) electrons. The van der Waals surface area contributed by atoms with Gasteiger partial charge in [0, 0.05) is 56.2 Å². The van der Waals surface area contributed by atoms with Gasteiger partial charge in [0.15, 0.2) is 0 Å². The van der Waals surface area contributed by atoms with Crippen LogP contribution in [0.2, 0.25) is 0 Å². The minimum Gasteiger partial charge on any atom is -0.376 e. The molecule has 0 atom stereocenters. The van der Waals surface area contributed by atoms with Crippen LogP contribution in [0.3, 0.4) is 0 Å². The Morgan fingerprint density at radius 2 is 0.875 bits per heavy atom. The van der Waals surface area contributed by atoms with E-state index in [1.807, 2.05) is 0 Å². The zero-order valence-electron chi connectivity index (χ0n) is 56.8. The van der Waals surface area contributed by atoms with Crippen LogP contribution in [0.5, 0.6) is 0 Å². The zero-order valence-corrected chi connectivity index (χ0v) is 56.8. The van der Waals surface area contributed by atoms with Crippen molar-refractivity contribution in [3.8, 4) is 22.3 Å². The molecule has 0 aromatic heterocycles. The summed E-state index contributed by atoms with van der Waals surface area (Å²) in [5.41, 5.74) is 31.9. The minimum atomic E-state index is -0.348. The standard InChI is InChI=1S/C84H94BN3/c1-51-45-66-69(83(17,18)44-41-80(66,11)12)50-71(51)87-70-40-39-62-63-48-67-68(82(15,16)43-42-81(67,13)14)49-65(63)84(19,20)73(62)75(70)85-74-64(46-52-23-21-22-24-60(52)76(74)87)61-38-37-59(47-72(61)88(85)58-35-29-55(30-36-58)79(8,9)10)86(56-31-25-53(26-32-56)77(2,3)4)57-33-27-54(28-34-57)78(5,6)7/h21-40,45-50H,41-44H2,1-20H3. The molecule has 0 bridgehead atoms. The highest BCUT2D eigenvalue weighted by molar-refractivity contribution is 6.94. The Bertz CT molecular complexity index is 4300. The van der Waals surface area contributed by atoms with Gasteiger partial charge in [0.1, 0.15) is 0 Å². The van der Waals surface area contributed by atoms with Gasteiger partial charge in [-0.05, 0) is 232 Å². The maximum atomic E-state index is 2.80. The number of fused-ring (bicyclic) bond motifs is 12. The summed E-state index contributed by atoms with van der Waals surface area (Å²) >= 11 is 0. The Morgan fingerprint density at radius 1 is 0.398 bits per heavy atom. The summed E-state index contributed by atoms with van der Waals surface area (Å²) in [5.74, 6) is 0. The Kier molecular flexibility index (Phi) is 12.7. The third kappa shape index (κ3) is 8.85. The molecule has 2 heterocycles. The Labute approximate surface area is 528 Å². The van der Waals surface area contributed by atoms with Crippen molar-refractivity contribution < 1.29 is 0 Å². The molecule has 14 rings (SSSR count). The number of hydrogen-bond donors (Lipinski definition) is 0. The molecule has 448 valence electrons. The van der Waals surface area contributed by atoms with E-state index in [4.69, 9.17) is 0 Å². The molecular weight excluding hydrogens is 1060 g/mol. The van der Waals surface area contributed by atoms with Gasteiger partial charge in [0.2, 0.25) is 0 Å². The van der Waals surface area contributed by atoms with Crippen LogP contribution in [-0.4, -0.2) is 6.85 Å². The first-order valence-corrected chi connectivity index (χ1v) is 33.1. The van der Waals surface area contributed by atoms with Crippen LogP contribution in [0, 0.1) is 6.92 Å². The summed E-state index contributed by atoms with van der Waals surface area (Å²) in [6, 6.07) is 63.4. The van der Waals surface area contributed by atoms with Gasteiger partial charge < -0.3 is 14.6 Å². The molecule has 9 aromatic rings. The van der Waals surface area contributed by atoms with E-state index in [9.17, 15) is 0 Å². The highest BCUT2D eigenvalue weighted by atomic mass is 15.2. The van der Waals surface area contributed by atoms with Crippen molar-refractivity contribution in [1.82, 2.24) is 0 Å². The third-order valence-electron chi connectivity index (χ3n) is 22.3. The molecule has 4 heteroatoms. The van der Waals surface area contributed by atoms with Crippen LogP contribution in [0.25, 0.3) is 33.0 Å². The average molecular weight is 1160 g/mol. The summed E-state index contributed by atoms with van der Waals surface area (Å²) in [5, 5.41) is 2.53. The quantitative estimate of drug-likeness (QED) is 0.159. The summed E-state index contributed by atoms with van der Waals surface area (Å²) < 4.78 is 0. The number of anilines is 8. The van der Waals surface area contributed by atoms with Gasteiger partial charge >= 0.3 is 6.85 Å². The fraction of sp³-hybridized carbons (Fsp3) is 0.381. The molecule has 2 aliphatic heterocycles. The molecule has 3 nitrogen and oxygen atoms in total. The molecule has 0 spiro atoms. The van der Waals surface area contributed by atoms with E-state index in [-0.39, 0.29) is 50.2 Å². The van der Waals surface area contributed by atoms with Crippen molar-refractivity contribution in [2.75, 3.05) is 14.6 Å². The Balaban J connectivity index is 1.12. The summed E-state index contributed by atoms with van der Waals surface area (Å²) in [6.45, 7) is 48.1. The topological polar surface area (TPSA) is 9.72 Å². The first kappa shape index (κ1) is 58.4. The van der Waals surface area contributed by atoms with E-state index in [0.29, 0.717) is 0 Å². The number of aryl methyl sites for hydroxylation is 1. The monoisotopic (exact) mass is 1160 g/mol. The molecule has 5 aliphatic rings. The Morgan fingerprint density at radius 3 is 1.42 bits per heavy atom. The van der Waals surface area contributed by atoms with E-state index < -0.39 is 0 Å². The molecule has 9 aromatic carbocycles. The van der Waals surface area contributed by atoms with Gasteiger partial charge in [-0.2, -0.15) is 0 Å². The van der Waals surface area contributed by atoms with Crippen LogP contribution in [0.15, 0.2) is 158 Å². The second-order valence-electron chi connectivity index (χ2n) is 33.7. The normalized spacial score (nSPS) is 18.0. The number of hydrogen-bond acceptors (Lipinski definition) is 3. The summed E-state index contributed by atoms with van der Waals surface area (Å²) in [7, 11) is 0. The predicted octanol–water partition coefficient (Wildman–Crippen LogP) is 22.2. The van der Waals surface area contributed by atoms with E-state index in [2.05, 4.69) is 311 Å². The fourth-order valence-corrected chi connectivity index (χ4v) is 16.6. The van der Waals surface area contributed by atoms with Crippen molar-refractivity contribution in [3.63, 3.8) is 0 Å². The predicted molar refractivity (Wildman–Crippen MR) is 381 cm³/mol. The van der Waals surface area contributed by atoms with Crippen molar-refractivity contribution in [1.29, 1.82) is 0 Å². The van der Waals surface area contributed by atoms with Crippen molar-refractivity contribution in [2.45, 2.75) is 207 Å². The summed E-state index contributed by atoms with van der Waals surface area (Å²) in [6.07, 6.45) is 4.68. The van der Waals surface area contributed by atoms with E-state index in [0.717, 1.165) is 23.5 Å². The maximum absolute atomic E-state index is 2.80. The zero-order chi connectivity index (χ0) is 62.5. The molecule has 0 N–H and O–H groups in total. The molecular formula is C84H94BN3. The van der Waals surface area contributed by atoms with E-state index in [1.54, 1.807) is 0 Å². The van der Waals surface area contributed by atoms with Gasteiger partial charge in [-0.3, -0.25) is 0 Å². The molecule has 0 unspecified atom stereocenters. The van der Waals surface area contributed by atoms with E-state index in [1.165, 1.54) is 147 Å². The first-order chi connectivity index (χ1) is 41.2. The van der Waals surface area contributed by atoms with Gasteiger partial charge in [-0.15, -0.1) is 0 Å². The first-order valence-electron chi connectivity index (χ1n) is 33.1. The van der Waals surface area contributed by atoms with Gasteiger partial charge in [-0.1, -0.05) is 216 Å². The van der Waals surface area contributed by atoms with Crippen molar-refractivity contribution >= 4 is 74.0 Å². The number of nitrogens with zero attached hydrogens (tertiary/aromatic N) is 3. The molecule has 0 saturated carbocycles. The van der Waals surface area contributed by atoms with Crippen LogP contribution >= 0.6 is 0 Å².